The average Bonchev–Trinajstić information content (AvgIpc) is 2.81. The molecule has 1 atom stereocenters. The van der Waals surface area contributed by atoms with E-state index in [2.05, 4.69) is 23.3 Å². The van der Waals surface area contributed by atoms with E-state index < -0.39 is 0 Å². The fraction of sp³-hybridized carbons (Fsp3) is 0.714. The minimum atomic E-state index is 0.604. The van der Waals surface area contributed by atoms with Gasteiger partial charge in [-0.25, -0.2) is 0 Å². The van der Waals surface area contributed by atoms with Gasteiger partial charge in [0.2, 0.25) is 0 Å². The molecule has 0 radical (unpaired) electrons. The van der Waals surface area contributed by atoms with Crippen molar-refractivity contribution in [1.82, 2.24) is 10.2 Å². The van der Waals surface area contributed by atoms with Gasteiger partial charge in [0.25, 0.3) is 0 Å². The molecule has 0 unspecified atom stereocenters. The van der Waals surface area contributed by atoms with Crippen LogP contribution in [0.4, 0.5) is 0 Å². The zero-order valence-corrected chi connectivity index (χ0v) is 10.6. The number of rotatable bonds is 3. The van der Waals surface area contributed by atoms with E-state index in [-0.39, 0.29) is 0 Å². The van der Waals surface area contributed by atoms with Crippen molar-refractivity contribution in [2.45, 2.75) is 38.3 Å². The molecule has 0 aromatic carbocycles. The molecule has 94 valence electrons. The highest BCUT2D eigenvalue weighted by atomic mass is 16.3. The van der Waals surface area contributed by atoms with Gasteiger partial charge >= 0.3 is 0 Å². The van der Waals surface area contributed by atoms with Crippen LogP contribution in [0.1, 0.15) is 31.4 Å². The third-order valence-corrected chi connectivity index (χ3v) is 4.74. The summed E-state index contributed by atoms with van der Waals surface area (Å²) >= 11 is 0. The van der Waals surface area contributed by atoms with Crippen molar-refractivity contribution in [3.63, 3.8) is 0 Å². The van der Waals surface area contributed by atoms with E-state index in [9.17, 15) is 0 Å². The Morgan fingerprint density at radius 2 is 2.24 bits per heavy atom. The summed E-state index contributed by atoms with van der Waals surface area (Å²) < 4.78 is 5.44. The molecule has 17 heavy (non-hydrogen) atoms. The second-order valence-corrected chi connectivity index (χ2v) is 5.66. The van der Waals surface area contributed by atoms with Gasteiger partial charge in [-0.1, -0.05) is 0 Å². The molecule has 0 bridgehead atoms. The van der Waals surface area contributed by atoms with Gasteiger partial charge in [-0.05, 0) is 63.4 Å². The summed E-state index contributed by atoms with van der Waals surface area (Å²) in [6.07, 6.45) is 7.24. The Bertz CT molecular complexity index is 354. The largest absolute Gasteiger partial charge is 0.468 e. The van der Waals surface area contributed by atoms with Crippen LogP contribution in [0.3, 0.4) is 0 Å². The fourth-order valence-corrected chi connectivity index (χ4v) is 3.64. The molecular weight excluding hydrogens is 212 g/mol. The summed E-state index contributed by atoms with van der Waals surface area (Å²) in [5.41, 5.74) is 0.604. The molecule has 2 heterocycles. The van der Waals surface area contributed by atoms with Gasteiger partial charge in [-0.2, -0.15) is 0 Å². The maximum Gasteiger partial charge on any atom is 0.117 e. The van der Waals surface area contributed by atoms with E-state index in [0.717, 1.165) is 18.3 Å². The molecule has 1 aliphatic carbocycles. The standard InChI is InChI=1S/C14H22N2O/c1-16(11-12-3-2-10-17-12)13-4-5-14(13)6-8-15-9-7-14/h2-3,10,13,15H,4-9,11H2,1H3/t13-/m1/s1. The predicted molar refractivity (Wildman–Crippen MR) is 67.7 cm³/mol. The van der Waals surface area contributed by atoms with Crippen molar-refractivity contribution >= 4 is 0 Å². The SMILES string of the molecule is CN(Cc1ccco1)[C@@H]1CCC12CCNCC2. The van der Waals surface area contributed by atoms with E-state index in [1.165, 1.54) is 38.8 Å². The van der Waals surface area contributed by atoms with Crippen LogP contribution in [0.15, 0.2) is 22.8 Å². The number of nitrogens with zero attached hydrogens (tertiary/aromatic N) is 1. The lowest BCUT2D eigenvalue weighted by molar-refractivity contribution is -0.0423. The van der Waals surface area contributed by atoms with Crippen molar-refractivity contribution in [2.24, 2.45) is 5.41 Å². The summed E-state index contributed by atoms with van der Waals surface area (Å²) in [6.45, 7) is 3.35. The first kappa shape index (κ1) is 11.3. The Hall–Kier alpha value is -0.800. The summed E-state index contributed by atoms with van der Waals surface area (Å²) in [4.78, 5) is 2.49. The first-order valence-electron chi connectivity index (χ1n) is 6.74. The molecule has 1 saturated heterocycles. The molecule has 1 saturated carbocycles. The van der Waals surface area contributed by atoms with E-state index in [0.29, 0.717) is 5.41 Å². The highest BCUT2D eigenvalue weighted by Gasteiger charge is 2.48. The molecule has 2 fully saturated rings. The first-order valence-corrected chi connectivity index (χ1v) is 6.74. The Labute approximate surface area is 103 Å². The van der Waals surface area contributed by atoms with Crippen molar-refractivity contribution in [3.05, 3.63) is 24.2 Å². The maximum atomic E-state index is 5.44. The molecule has 3 nitrogen and oxygen atoms in total. The zero-order chi connectivity index (χ0) is 11.7. The molecular formula is C14H22N2O. The topological polar surface area (TPSA) is 28.4 Å². The first-order chi connectivity index (χ1) is 8.30. The monoisotopic (exact) mass is 234 g/mol. The third kappa shape index (κ3) is 2.02. The van der Waals surface area contributed by atoms with Crippen LogP contribution >= 0.6 is 0 Å². The average molecular weight is 234 g/mol. The summed E-state index contributed by atoms with van der Waals surface area (Å²) in [6, 6.07) is 4.81. The lowest BCUT2D eigenvalue weighted by Gasteiger charge is -2.55. The number of piperidine rings is 1. The van der Waals surface area contributed by atoms with E-state index in [1.807, 2.05) is 6.07 Å². The predicted octanol–water partition coefficient (Wildman–Crippen LogP) is 2.24. The van der Waals surface area contributed by atoms with Crippen LogP contribution in [-0.2, 0) is 6.54 Å². The molecule has 1 spiro atoms. The van der Waals surface area contributed by atoms with Gasteiger partial charge in [0.1, 0.15) is 5.76 Å². The maximum absolute atomic E-state index is 5.44. The third-order valence-electron chi connectivity index (χ3n) is 4.74. The number of hydrogen-bond acceptors (Lipinski definition) is 3. The molecule has 1 aliphatic heterocycles. The summed E-state index contributed by atoms with van der Waals surface area (Å²) in [5.74, 6) is 1.09. The smallest absolute Gasteiger partial charge is 0.117 e. The highest BCUT2D eigenvalue weighted by Crippen LogP contribution is 2.50. The van der Waals surface area contributed by atoms with Gasteiger partial charge in [0, 0.05) is 6.04 Å². The molecule has 3 heteroatoms. The second kappa shape index (κ2) is 4.46. The highest BCUT2D eigenvalue weighted by molar-refractivity contribution is 5.05. The van der Waals surface area contributed by atoms with Gasteiger partial charge in [0.05, 0.1) is 12.8 Å². The van der Waals surface area contributed by atoms with Crippen molar-refractivity contribution < 1.29 is 4.42 Å². The summed E-state index contributed by atoms with van der Waals surface area (Å²) in [5, 5.41) is 3.48. The lowest BCUT2D eigenvalue weighted by atomic mass is 9.59. The molecule has 3 rings (SSSR count). The normalized spacial score (nSPS) is 27.3. The molecule has 0 amide bonds. The van der Waals surface area contributed by atoms with Gasteiger partial charge in [0.15, 0.2) is 0 Å². The number of hydrogen-bond donors (Lipinski definition) is 1. The molecule has 1 aromatic rings. The minimum Gasteiger partial charge on any atom is -0.468 e. The summed E-state index contributed by atoms with van der Waals surface area (Å²) in [7, 11) is 2.25. The van der Waals surface area contributed by atoms with Crippen LogP contribution in [-0.4, -0.2) is 31.1 Å². The van der Waals surface area contributed by atoms with Crippen molar-refractivity contribution in [1.29, 1.82) is 0 Å². The van der Waals surface area contributed by atoms with E-state index in [4.69, 9.17) is 4.42 Å². The Morgan fingerprint density at radius 3 is 2.82 bits per heavy atom. The Balaban J connectivity index is 1.64. The molecule has 1 aromatic heterocycles. The van der Waals surface area contributed by atoms with Gasteiger partial charge in [-0.3, -0.25) is 4.90 Å². The quantitative estimate of drug-likeness (QED) is 0.869. The minimum absolute atomic E-state index is 0.604. The van der Waals surface area contributed by atoms with Crippen molar-refractivity contribution in [3.8, 4) is 0 Å². The van der Waals surface area contributed by atoms with Crippen LogP contribution in [0, 0.1) is 5.41 Å². The Morgan fingerprint density at radius 1 is 1.41 bits per heavy atom. The van der Waals surface area contributed by atoms with Gasteiger partial charge < -0.3 is 9.73 Å². The van der Waals surface area contributed by atoms with E-state index in [1.54, 1.807) is 6.26 Å². The van der Waals surface area contributed by atoms with Gasteiger partial charge in [-0.15, -0.1) is 0 Å². The van der Waals surface area contributed by atoms with Crippen LogP contribution in [0.5, 0.6) is 0 Å². The zero-order valence-electron chi connectivity index (χ0n) is 10.6. The number of nitrogens with one attached hydrogen (secondary N) is 1. The number of furan rings is 1. The molecule has 2 aliphatic rings. The molecule has 1 N–H and O–H groups in total. The van der Waals surface area contributed by atoms with Crippen molar-refractivity contribution in [2.75, 3.05) is 20.1 Å². The van der Waals surface area contributed by atoms with Crippen LogP contribution in [0.2, 0.25) is 0 Å². The van der Waals surface area contributed by atoms with Crippen LogP contribution in [0.25, 0.3) is 0 Å². The Kier molecular flexibility index (Phi) is 2.97. The lowest BCUT2D eigenvalue weighted by Crippen LogP contribution is -2.57. The van der Waals surface area contributed by atoms with E-state index >= 15 is 0 Å². The van der Waals surface area contributed by atoms with Crippen LogP contribution < -0.4 is 5.32 Å². The fourth-order valence-electron chi connectivity index (χ4n) is 3.64. The second-order valence-electron chi connectivity index (χ2n) is 5.66.